The third-order valence-electron chi connectivity index (χ3n) is 4.41. The average molecular weight is 302 g/mol. The van der Waals surface area contributed by atoms with Crippen LogP contribution in [0.5, 0.6) is 5.75 Å². The fraction of sp³-hybridized carbons (Fsp3) is 0.611. The van der Waals surface area contributed by atoms with E-state index in [4.69, 9.17) is 4.74 Å². The number of fused-ring (bicyclic) bond motifs is 1. The predicted molar refractivity (Wildman–Crippen MR) is 89.0 cm³/mol. The van der Waals surface area contributed by atoms with Gasteiger partial charge in [-0.05, 0) is 57.9 Å². The van der Waals surface area contributed by atoms with Crippen molar-refractivity contribution in [3.8, 4) is 5.75 Å². The third-order valence-corrected chi connectivity index (χ3v) is 4.41. The molecular formula is C18H26N2O2. The van der Waals surface area contributed by atoms with Gasteiger partial charge in [-0.2, -0.15) is 0 Å². The van der Waals surface area contributed by atoms with Crippen molar-refractivity contribution in [2.75, 3.05) is 24.5 Å². The number of carbonyl (C=O) groups is 1. The number of carbonyl (C=O) groups excluding carboxylic acids is 1. The van der Waals surface area contributed by atoms with Gasteiger partial charge in [-0.1, -0.05) is 6.92 Å². The number of benzene rings is 1. The number of hydrogen-bond acceptors (Lipinski definition) is 4. The van der Waals surface area contributed by atoms with Crippen molar-refractivity contribution < 1.29 is 9.53 Å². The Morgan fingerprint density at radius 2 is 2.27 bits per heavy atom. The zero-order chi connectivity index (χ0) is 15.7. The van der Waals surface area contributed by atoms with E-state index in [1.165, 1.54) is 0 Å². The maximum atomic E-state index is 12.6. The molecule has 0 aliphatic carbocycles. The number of nitrogens with one attached hydrogen (secondary N) is 1. The van der Waals surface area contributed by atoms with Gasteiger partial charge in [0, 0.05) is 12.1 Å². The molecule has 22 heavy (non-hydrogen) atoms. The topological polar surface area (TPSA) is 41.6 Å². The molecule has 1 N–H and O–H groups in total. The lowest BCUT2D eigenvalue weighted by Gasteiger charge is -2.41. The Hall–Kier alpha value is -1.55. The molecule has 3 rings (SSSR count). The van der Waals surface area contributed by atoms with Crippen LogP contribution in [0.1, 0.15) is 50.4 Å². The molecule has 1 unspecified atom stereocenters. The van der Waals surface area contributed by atoms with Crippen LogP contribution in [0, 0.1) is 0 Å². The molecule has 1 aromatic carbocycles. The molecule has 0 aromatic heterocycles. The van der Waals surface area contributed by atoms with Crippen molar-refractivity contribution in [1.29, 1.82) is 0 Å². The van der Waals surface area contributed by atoms with E-state index < -0.39 is 0 Å². The number of Topliss-reactive ketones (excluding diaryl/α,β-unsaturated/α-hetero) is 1. The van der Waals surface area contributed by atoms with Crippen LogP contribution in [0.25, 0.3) is 0 Å². The summed E-state index contributed by atoms with van der Waals surface area (Å²) >= 11 is 0. The van der Waals surface area contributed by atoms with Gasteiger partial charge < -0.3 is 15.0 Å². The lowest BCUT2D eigenvalue weighted by molar-refractivity contribution is 0.0951. The minimum Gasteiger partial charge on any atom is -0.484 e. The highest BCUT2D eigenvalue weighted by Gasteiger charge is 2.32. The van der Waals surface area contributed by atoms with Crippen LogP contribution in [0.3, 0.4) is 0 Å². The van der Waals surface area contributed by atoms with Gasteiger partial charge in [-0.15, -0.1) is 0 Å². The molecule has 0 spiro atoms. The van der Waals surface area contributed by atoms with Gasteiger partial charge in [0.15, 0.2) is 5.78 Å². The third kappa shape index (κ3) is 2.98. The maximum absolute atomic E-state index is 12.6. The highest BCUT2D eigenvalue weighted by Crippen LogP contribution is 2.38. The fourth-order valence-corrected chi connectivity index (χ4v) is 3.46. The number of ether oxygens (including phenoxy) is 1. The Labute approximate surface area is 132 Å². The predicted octanol–water partition coefficient (Wildman–Crippen LogP) is 3.01. The van der Waals surface area contributed by atoms with Crippen LogP contribution in [-0.4, -0.2) is 37.1 Å². The smallest absolute Gasteiger partial charge is 0.179 e. The summed E-state index contributed by atoms with van der Waals surface area (Å²) in [6.07, 6.45) is 3.11. The van der Waals surface area contributed by atoms with Gasteiger partial charge in [-0.3, -0.25) is 4.79 Å². The van der Waals surface area contributed by atoms with E-state index in [2.05, 4.69) is 31.0 Å². The van der Waals surface area contributed by atoms with E-state index >= 15 is 0 Å². The Balaban J connectivity index is 1.91. The van der Waals surface area contributed by atoms with Crippen molar-refractivity contribution in [3.63, 3.8) is 0 Å². The molecule has 1 atom stereocenters. The second-order valence-electron chi connectivity index (χ2n) is 6.98. The van der Waals surface area contributed by atoms with Gasteiger partial charge >= 0.3 is 0 Å². The lowest BCUT2D eigenvalue weighted by Crippen LogP contribution is -2.47. The number of ketones is 1. The van der Waals surface area contributed by atoms with Crippen molar-refractivity contribution in [2.24, 2.45) is 0 Å². The summed E-state index contributed by atoms with van der Waals surface area (Å²) in [5, 5.41) is 3.29. The van der Waals surface area contributed by atoms with Crippen molar-refractivity contribution in [1.82, 2.24) is 5.32 Å². The van der Waals surface area contributed by atoms with Crippen molar-refractivity contribution in [2.45, 2.75) is 51.7 Å². The number of rotatable bonds is 4. The van der Waals surface area contributed by atoms with E-state index in [-0.39, 0.29) is 17.4 Å². The van der Waals surface area contributed by atoms with Crippen LogP contribution in [0.2, 0.25) is 0 Å². The maximum Gasteiger partial charge on any atom is 0.179 e. The van der Waals surface area contributed by atoms with E-state index in [1.54, 1.807) is 0 Å². The first-order valence-electron chi connectivity index (χ1n) is 8.36. The summed E-state index contributed by atoms with van der Waals surface area (Å²) in [6, 6.07) is 5.87. The summed E-state index contributed by atoms with van der Waals surface area (Å²) in [5.74, 6) is 1.10. The minimum atomic E-state index is -0.194. The molecule has 0 amide bonds. The highest BCUT2D eigenvalue weighted by atomic mass is 16.5. The first-order valence-corrected chi connectivity index (χ1v) is 8.36. The molecule has 2 aliphatic rings. The van der Waals surface area contributed by atoms with E-state index in [0.29, 0.717) is 0 Å². The van der Waals surface area contributed by atoms with Gasteiger partial charge in [-0.25, -0.2) is 0 Å². The van der Waals surface area contributed by atoms with E-state index in [0.717, 1.165) is 55.9 Å². The lowest BCUT2D eigenvalue weighted by atomic mass is 9.99. The highest BCUT2D eigenvalue weighted by molar-refractivity contribution is 6.01. The number of nitrogens with zero attached hydrogens (tertiary/aromatic N) is 1. The molecule has 4 heteroatoms. The van der Waals surface area contributed by atoms with Crippen molar-refractivity contribution in [3.05, 3.63) is 23.8 Å². The van der Waals surface area contributed by atoms with Crippen molar-refractivity contribution >= 4 is 11.5 Å². The second kappa shape index (κ2) is 5.92. The Kier molecular flexibility index (Phi) is 4.13. The summed E-state index contributed by atoms with van der Waals surface area (Å²) in [7, 11) is 0. The van der Waals surface area contributed by atoms with Crippen LogP contribution >= 0.6 is 0 Å². The number of anilines is 1. The molecule has 0 bridgehead atoms. The van der Waals surface area contributed by atoms with E-state index in [1.807, 2.05) is 18.2 Å². The summed E-state index contributed by atoms with van der Waals surface area (Å²) in [5.41, 5.74) is 1.66. The van der Waals surface area contributed by atoms with Gasteiger partial charge in [0.25, 0.3) is 0 Å². The molecular weight excluding hydrogens is 276 g/mol. The SMILES string of the molecule is CCCN1CC(C)(C)Oc2ccc(C(=O)C3CCCN3)cc21. The molecule has 2 aliphatic heterocycles. The standard InChI is InChI=1S/C18H26N2O2/c1-4-10-20-12-18(2,3)22-16-8-7-13(11-15(16)20)17(21)14-6-5-9-19-14/h7-8,11,14,19H,4-6,9-10,12H2,1-3H3. The Morgan fingerprint density at radius 3 is 2.95 bits per heavy atom. The zero-order valence-corrected chi connectivity index (χ0v) is 13.8. The van der Waals surface area contributed by atoms with Gasteiger partial charge in [0.2, 0.25) is 0 Å². The molecule has 0 radical (unpaired) electrons. The van der Waals surface area contributed by atoms with E-state index in [9.17, 15) is 4.79 Å². The van der Waals surface area contributed by atoms with Crippen LogP contribution in [-0.2, 0) is 0 Å². The normalized spacial score (nSPS) is 23.0. The van der Waals surface area contributed by atoms with Gasteiger partial charge in [0.1, 0.15) is 11.4 Å². The summed E-state index contributed by atoms with van der Waals surface area (Å²) in [6.45, 7) is 9.19. The molecule has 0 saturated carbocycles. The van der Waals surface area contributed by atoms with Gasteiger partial charge in [0.05, 0.1) is 18.3 Å². The molecule has 1 aromatic rings. The van der Waals surface area contributed by atoms with Crippen LogP contribution in [0.4, 0.5) is 5.69 Å². The quantitative estimate of drug-likeness (QED) is 0.868. The Morgan fingerprint density at radius 1 is 1.45 bits per heavy atom. The summed E-state index contributed by atoms with van der Waals surface area (Å²) in [4.78, 5) is 14.9. The molecule has 120 valence electrons. The largest absolute Gasteiger partial charge is 0.484 e. The first-order chi connectivity index (χ1) is 10.5. The molecule has 4 nitrogen and oxygen atoms in total. The summed E-state index contributed by atoms with van der Waals surface area (Å²) < 4.78 is 6.09. The molecule has 2 heterocycles. The molecule has 1 fully saturated rings. The number of hydrogen-bond donors (Lipinski definition) is 1. The minimum absolute atomic E-state index is 0.0152. The first kappa shape index (κ1) is 15.3. The fourth-order valence-electron chi connectivity index (χ4n) is 3.46. The zero-order valence-electron chi connectivity index (χ0n) is 13.8. The second-order valence-corrected chi connectivity index (χ2v) is 6.98. The molecule has 1 saturated heterocycles. The van der Waals surface area contributed by atoms with Crippen LogP contribution in [0.15, 0.2) is 18.2 Å². The average Bonchev–Trinajstić information content (AvgIpc) is 2.99. The Bertz CT molecular complexity index is 562. The van der Waals surface area contributed by atoms with Crippen LogP contribution < -0.4 is 15.0 Å². The monoisotopic (exact) mass is 302 g/mol.